The Morgan fingerprint density at radius 1 is 1.29 bits per heavy atom. The van der Waals surface area contributed by atoms with Gasteiger partial charge in [0.25, 0.3) is 11.8 Å². The highest BCUT2D eigenvalue weighted by Crippen LogP contribution is 2.32. The molecule has 0 unspecified atom stereocenters. The molecule has 0 aliphatic carbocycles. The van der Waals surface area contributed by atoms with Gasteiger partial charge in [0.05, 0.1) is 16.8 Å². The van der Waals surface area contributed by atoms with Gasteiger partial charge < -0.3 is 29.8 Å². The SMILES string of the molecule is CNC(=O)c1c(C)oc2cc(O/C(=C/C=N)c3[nH]cc(C(=O)N4CCCC[C@@H]4C)c3C)ccc12. The van der Waals surface area contributed by atoms with Crippen LogP contribution in [0.4, 0.5) is 0 Å². The topological polar surface area (TPSA) is 111 Å². The number of benzene rings is 1. The number of amides is 2. The number of nitrogens with one attached hydrogen (secondary N) is 3. The molecule has 0 spiro atoms. The standard InChI is InChI=1S/C26H30N4O4/c1-15-7-5-6-12-30(15)26(32)20-14-29-24(16(20)2)21(10-11-27)34-18-8-9-19-22(13-18)33-17(3)23(19)25(31)28-4/h8-11,13-15,27,29H,5-7,12H2,1-4H3,(H,28,31)/b21-10+,27-11?/t15-/m0/s1. The summed E-state index contributed by atoms with van der Waals surface area (Å²) in [6, 6.07) is 5.46. The number of H-pyrrole nitrogens is 1. The number of carbonyl (C=O) groups excluding carboxylic acids is 2. The van der Waals surface area contributed by atoms with E-state index in [4.69, 9.17) is 14.6 Å². The predicted octanol–water partition coefficient (Wildman–Crippen LogP) is 4.82. The Balaban J connectivity index is 1.63. The molecule has 3 N–H and O–H groups in total. The molecule has 2 amide bonds. The van der Waals surface area contributed by atoms with Crippen LogP contribution in [0.2, 0.25) is 0 Å². The lowest BCUT2D eigenvalue weighted by Gasteiger charge is -2.33. The molecule has 1 aliphatic rings. The van der Waals surface area contributed by atoms with E-state index in [1.165, 1.54) is 6.08 Å². The summed E-state index contributed by atoms with van der Waals surface area (Å²) >= 11 is 0. The van der Waals surface area contributed by atoms with Crippen LogP contribution in [0.5, 0.6) is 5.75 Å². The van der Waals surface area contributed by atoms with Crippen molar-refractivity contribution >= 4 is 34.8 Å². The molecule has 8 heteroatoms. The molecule has 1 atom stereocenters. The van der Waals surface area contributed by atoms with Crippen LogP contribution in [0, 0.1) is 19.3 Å². The zero-order chi connectivity index (χ0) is 24.4. The normalized spacial score (nSPS) is 16.5. The van der Waals surface area contributed by atoms with Gasteiger partial charge in [-0.3, -0.25) is 9.59 Å². The summed E-state index contributed by atoms with van der Waals surface area (Å²) in [5, 5.41) is 10.9. The van der Waals surface area contributed by atoms with Crippen LogP contribution in [0.25, 0.3) is 16.7 Å². The van der Waals surface area contributed by atoms with Gasteiger partial charge in [0.1, 0.15) is 17.1 Å². The van der Waals surface area contributed by atoms with Gasteiger partial charge in [-0.2, -0.15) is 0 Å². The van der Waals surface area contributed by atoms with Crippen molar-refractivity contribution in [2.45, 2.75) is 46.1 Å². The van der Waals surface area contributed by atoms with E-state index >= 15 is 0 Å². The van der Waals surface area contributed by atoms with Crippen molar-refractivity contribution in [1.29, 1.82) is 5.41 Å². The maximum Gasteiger partial charge on any atom is 0.255 e. The Hall–Kier alpha value is -3.81. The number of allylic oxidation sites excluding steroid dienone is 1. The first-order valence-corrected chi connectivity index (χ1v) is 11.5. The molecule has 0 bridgehead atoms. The fourth-order valence-electron chi connectivity index (χ4n) is 4.57. The third kappa shape index (κ3) is 4.23. The highest BCUT2D eigenvalue weighted by molar-refractivity contribution is 6.07. The first-order valence-electron chi connectivity index (χ1n) is 11.5. The van der Waals surface area contributed by atoms with Crippen LogP contribution in [-0.2, 0) is 0 Å². The molecule has 3 aromatic rings. The lowest BCUT2D eigenvalue weighted by Crippen LogP contribution is -2.42. The van der Waals surface area contributed by atoms with Crippen molar-refractivity contribution < 1.29 is 18.7 Å². The van der Waals surface area contributed by atoms with Crippen LogP contribution < -0.4 is 10.1 Å². The van der Waals surface area contributed by atoms with Gasteiger partial charge in [0.15, 0.2) is 5.76 Å². The summed E-state index contributed by atoms with van der Waals surface area (Å²) in [5.74, 6) is 1.22. The van der Waals surface area contributed by atoms with E-state index < -0.39 is 0 Å². The maximum absolute atomic E-state index is 13.2. The average molecular weight is 463 g/mol. The van der Waals surface area contributed by atoms with E-state index in [9.17, 15) is 9.59 Å². The number of aromatic nitrogens is 1. The first-order chi connectivity index (χ1) is 16.3. The minimum atomic E-state index is -0.212. The number of furan rings is 1. The van der Waals surface area contributed by atoms with Crippen molar-refractivity contribution in [1.82, 2.24) is 15.2 Å². The Bertz CT molecular complexity index is 1280. The van der Waals surface area contributed by atoms with Crippen molar-refractivity contribution in [3.8, 4) is 5.75 Å². The Morgan fingerprint density at radius 2 is 2.09 bits per heavy atom. The van der Waals surface area contributed by atoms with Gasteiger partial charge in [-0.15, -0.1) is 0 Å². The third-order valence-corrected chi connectivity index (χ3v) is 6.43. The van der Waals surface area contributed by atoms with E-state index in [0.717, 1.165) is 37.6 Å². The van der Waals surface area contributed by atoms with E-state index in [1.54, 1.807) is 38.4 Å². The van der Waals surface area contributed by atoms with Gasteiger partial charge >= 0.3 is 0 Å². The molecule has 3 heterocycles. The third-order valence-electron chi connectivity index (χ3n) is 6.43. The molecule has 178 valence electrons. The second-order valence-corrected chi connectivity index (χ2v) is 8.62. The minimum Gasteiger partial charge on any atom is -0.460 e. The molecule has 1 aliphatic heterocycles. The summed E-state index contributed by atoms with van der Waals surface area (Å²) in [6.45, 7) is 6.48. The lowest BCUT2D eigenvalue weighted by molar-refractivity contribution is 0.0635. The fraction of sp³-hybridized carbons (Fsp3) is 0.346. The summed E-state index contributed by atoms with van der Waals surface area (Å²) in [7, 11) is 1.58. The Kier molecular flexibility index (Phi) is 6.58. The van der Waals surface area contributed by atoms with E-state index in [-0.39, 0.29) is 17.9 Å². The summed E-state index contributed by atoms with van der Waals surface area (Å²) in [4.78, 5) is 30.5. The minimum absolute atomic E-state index is 0.00983. The number of carbonyl (C=O) groups is 2. The number of likely N-dealkylation sites (tertiary alicyclic amines) is 1. The van der Waals surface area contributed by atoms with Crippen LogP contribution >= 0.6 is 0 Å². The van der Waals surface area contributed by atoms with Crippen molar-refractivity contribution in [3.63, 3.8) is 0 Å². The second kappa shape index (κ2) is 9.59. The summed E-state index contributed by atoms with van der Waals surface area (Å²) in [5.41, 5.74) is 3.04. The number of rotatable bonds is 6. The smallest absolute Gasteiger partial charge is 0.255 e. The van der Waals surface area contributed by atoms with Crippen LogP contribution in [0.3, 0.4) is 0 Å². The van der Waals surface area contributed by atoms with Crippen molar-refractivity contribution in [3.05, 3.63) is 58.6 Å². The highest BCUT2D eigenvalue weighted by atomic mass is 16.5. The largest absolute Gasteiger partial charge is 0.460 e. The molecule has 8 nitrogen and oxygen atoms in total. The molecule has 4 rings (SSSR count). The quantitative estimate of drug-likeness (QED) is 0.360. The molecular formula is C26H30N4O4. The van der Waals surface area contributed by atoms with Crippen molar-refractivity contribution in [2.75, 3.05) is 13.6 Å². The van der Waals surface area contributed by atoms with Crippen LogP contribution in [0.15, 0.2) is 34.9 Å². The number of aromatic amines is 1. The summed E-state index contributed by atoms with van der Waals surface area (Å²) < 4.78 is 11.9. The van der Waals surface area contributed by atoms with Gasteiger partial charge in [0.2, 0.25) is 0 Å². The monoisotopic (exact) mass is 462 g/mol. The van der Waals surface area contributed by atoms with Gasteiger partial charge in [0, 0.05) is 49.6 Å². The van der Waals surface area contributed by atoms with E-state index in [0.29, 0.717) is 45.1 Å². The van der Waals surface area contributed by atoms with Crippen LogP contribution in [-0.4, -0.2) is 47.5 Å². The van der Waals surface area contributed by atoms with Gasteiger partial charge in [-0.05, 0) is 57.7 Å². The number of ether oxygens (including phenoxy) is 1. The number of fused-ring (bicyclic) bond motifs is 1. The Labute approximate surface area is 198 Å². The van der Waals surface area contributed by atoms with Gasteiger partial charge in [-0.25, -0.2) is 0 Å². The average Bonchev–Trinajstić information content (AvgIpc) is 3.36. The number of hydrogen-bond donors (Lipinski definition) is 3. The maximum atomic E-state index is 13.2. The molecular weight excluding hydrogens is 432 g/mol. The molecule has 1 fully saturated rings. The molecule has 2 aromatic heterocycles. The molecule has 0 radical (unpaired) electrons. The van der Waals surface area contributed by atoms with Crippen molar-refractivity contribution in [2.24, 2.45) is 0 Å². The Morgan fingerprint density at radius 3 is 2.79 bits per heavy atom. The number of hydrogen-bond acceptors (Lipinski definition) is 5. The number of nitrogens with zero attached hydrogens (tertiary/aromatic N) is 1. The van der Waals surface area contributed by atoms with E-state index in [1.807, 2.05) is 11.8 Å². The molecule has 1 saturated heterocycles. The molecule has 1 aromatic carbocycles. The fourth-order valence-corrected chi connectivity index (χ4v) is 4.57. The molecule has 0 saturated carbocycles. The predicted molar refractivity (Wildman–Crippen MR) is 132 cm³/mol. The second-order valence-electron chi connectivity index (χ2n) is 8.62. The van der Waals surface area contributed by atoms with Crippen LogP contribution in [0.1, 0.15) is 63.9 Å². The van der Waals surface area contributed by atoms with Gasteiger partial charge in [-0.1, -0.05) is 0 Å². The zero-order valence-electron chi connectivity index (χ0n) is 20.0. The molecule has 34 heavy (non-hydrogen) atoms. The summed E-state index contributed by atoms with van der Waals surface area (Å²) in [6.07, 6.45) is 7.56. The zero-order valence-corrected chi connectivity index (χ0v) is 20.0. The lowest BCUT2D eigenvalue weighted by atomic mass is 10.0. The first kappa shape index (κ1) is 23.4. The highest BCUT2D eigenvalue weighted by Gasteiger charge is 2.27. The van der Waals surface area contributed by atoms with E-state index in [2.05, 4.69) is 17.2 Å². The number of aryl methyl sites for hydroxylation is 1. The number of piperidine rings is 1.